The van der Waals surface area contributed by atoms with Gasteiger partial charge in [0.25, 0.3) is 0 Å². The molecule has 1 aromatic heterocycles. The largest absolute Gasteiger partial charge is 0.433 e. The van der Waals surface area contributed by atoms with Crippen molar-refractivity contribution in [3.63, 3.8) is 0 Å². The molecule has 1 N–H and O–H groups in total. The lowest BCUT2D eigenvalue weighted by Crippen LogP contribution is -2.06. The summed E-state index contributed by atoms with van der Waals surface area (Å²) in [5.74, 6) is -1.03. The third kappa shape index (κ3) is 2.95. The van der Waals surface area contributed by atoms with E-state index in [1.54, 1.807) is 0 Å². The minimum Gasteiger partial charge on any atom is -0.333 e. The Bertz CT molecular complexity index is 616. The number of imidazole rings is 1. The Morgan fingerprint density at radius 3 is 2.32 bits per heavy atom. The first-order chi connectivity index (χ1) is 8.70. The van der Waals surface area contributed by atoms with Crippen molar-refractivity contribution in [2.45, 2.75) is 6.18 Å². The minimum absolute atomic E-state index is 0.120. The number of hydrogen-bond donors (Lipinski definition) is 1. The summed E-state index contributed by atoms with van der Waals surface area (Å²) < 4.78 is 51.4. The predicted octanol–water partition coefficient (Wildman–Crippen LogP) is 5.41. The van der Waals surface area contributed by atoms with Crippen LogP contribution in [0.4, 0.5) is 17.6 Å². The molecule has 1 heterocycles. The number of halogens is 7. The van der Waals surface area contributed by atoms with E-state index in [-0.39, 0.29) is 20.9 Å². The van der Waals surface area contributed by atoms with E-state index in [1.807, 2.05) is 4.98 Å². The molecule has 0 atom stereocenters. The second-order valence-electron chi connectivity index (χ2n) is 3.49. The van der Waals surface area contributed by atoms with Crippen LogP contribution < -0.4 is 0 Å². The highest BCUT2D eigenvalue weighted by Crippen LogP contribution is 2.38. The molecule has 0 spiro atoms. The summed E-state index contributed by atoms with van der Waals surface area (Å²) in [6, 6.07) is 2.36. The van der Waals surface area contributed by atoms with Gasteiger partial charge < -0.3 is 4.98 Å². The first-order valence-electron chi connectivity index (χ1n) is 4.67. The topological polar surface area (TPSA) is 28.7 Å². The van der Waals surface area contributed by atoms with Gasteiger partial charge in [-0.2, -0.15) is 13.2 Å². The molecule has 9 heteroatoms. The Hall–Kier alpha value is -0.600. The average molecular weight is 422 g/mol. The molecule has 0 saturated heterocycles. The molecular formula is C10H3Br2ClF4N2. The van der Waals surface area contributed by atoms with Crippen molar-refractivity contribution < 1.29 is 17.6 Å². The fraction of sp³-hybridized carbons (Fsp3) is 0.100. The molecular weight excluding hydrogens is 419 g/mol. The van der Waals surface area contributed by atoms with E-state index in [1.165, 1.54) is 6.07 Å². The summed E-state index contributed by atoms with van der Waals surface area (Å²) in [4.78, 5) is 5.67. The SMILES string of the molecule is Fc1cc(Cl)cc(Br)c1-c1nc(Br)c(C(F)(F)F)[nH]1. The molecule has 2 rings (SSSR count). The summed E-state index contributed by atoms with van der Waals surface area (Å²) in [5.41, 5.74) is -1.20. The first-order valence-corrected chi connectivity index (χ1v) is 6.64. The quantitative estimate of drug-likeness (QED) is 0.612. The Balaban J connectivity index is 2.61. The zero-order chi connectivity index (χ0) is 14.4. The Morgan fingerprint density at radius 2 is 1.84 bits per heavy atom. The molecule has 0 amide bonds. The van der Waals surface area contributed by atoms with Gasteiger partial charge in [-0.15, -0.1) is 0 Å². The van der Waals surface area contributed by atoms with E-state index < -0.39 is 22.3 Å². The molecule has 2 nitrogen and oxygen atoms in total. The number of aromatic amines is 1. The van der Waals surface area contributed by atoms with Crippen LogP contribution in [0.2, 0.25) is 5.02 Å². The van der Waals surface area contributed by atoms with Gasteiger partial charge in [0, 0.05) is 9.50 Å². The van der Waals surface area contributed by atoms with Crippen LogP contribution in [0.5, 0.6) is 0 Å². The van der Waals surface area contributed by atoms with Gasteiger partial charge in [-0.1, -0.05) is 11.6 Å². The Labute approximate surface area is 126 Å². The molecule has 0 radical (unpaired) electrons. The molecule has 0 unspecified atom stereocenters. The van der Waals surface area contributed by atoms with Crippen LogP contribution in [0.1, 0.15) is 5.69 Å². The normalized spacial score (nSPS) is 11.9. The third-order valence-electron chi connectivity index (χ3n) is 2.19. The fourth-order valence-corrected chi connectivity index (χ4v) is 2.89. The van der Waals surface area contributed by atoms with Crippen molar-refractivity contribution in [3.05, 3.63) is 37.7 Å². The van der Waals surface area contributed by atoms with Crippen LogP contribution in [0.15, 0.2) is 21.2 Å². The molecule has 19 heavy (non-hydrogen) atoms. The highest BCUT2D eigenvalue weighted by Gasteiger charge is 2.36. The molecule has 0 bridgehead atoms. The maximum atomic E-state index is 13.8. The minimum atomic E-state index is -4.61. The van der Waals surface area contributed by atoms with Crippen molar-refractivity contribution in [2.24, 2.45) is 0 Å². The second kappa shape index (κ2) is 5.06. The lowest BCUT2D eigenvalue weighted by Gasteiger charge is -2.05. The lowest BCUT2D eigenvalue weighted by atomic mass is 10.2. The zero-order valence-electron chi connectivity index (χ0n) is 8.75. The van der Waals surface area contributed by atoms with Crippen molar-refractivity contribution in [3.8, 4) is 11.4 Å². The van der Waals surface area contributed by atoms with Crippen LogP contribution >= 0.6 is 43.5 Å². The van der Waals surface area contributed by atoms with Crippen molar-refractivity contribution in [1.82, 2.24) is 9.97 Å². The Morgan fingerprint density at radius 1 is 1.21 bits per heavy atom. The fourth-order valence-electron chi connectivity index (χ4n) is 1.43. The molecule has 102 valence electrons. The number of alkyl halides is 3. The van der Waals surface area contributed by atoms with Gasteiger partial charge in [-0.3, -0.25) is 0 Å². The highest BCUT2D eigenvalue weighted by atomic mass is 79.9. The van der Waals surface area contributed by atoms with Gasteiger partial charge in [0.2, 0.25) is 0 Å². The van der Waals surface area contributed by atoms with Gasteiger partial charge >= 0.3 is 6.18 Å². The van der Waals surface area contributed by atoms with Crippen molar-refractivity contribution in [2.75, 3.05) is 0 Å². The van der Waals surface area contributed by atoms with Gasteiger partial charge in [-0.25, -0.2) is 9.37 Å². The van der Waals surface area contributed by atoms with Crippen molar-refractivity contribution >= 4 is 43.5 Å². The maximum Gasteiger partial charge on any atom is 0.433 e. The van der Waals surface area contributed by atoms with E-state index >= 15 is 0 Å². The predicted molar refractivity (Wildman–Crippen MR) is 69.4 cm³/mol. The summed E-state index contributed by atoms with van der Waals surface area (Å²) in [6.45, 7) is 0. The number of rotatable bonds is 1. The monoisotopic (exact) mass is 420 g/mol. The van der Waals surface area contributed by atoms with Crippen LogP contribution in [-0.2, 0) is 6.18 Å². The maximum absolute atomic E-state index is 13.8. The number of aromatic nitrogens is 2. The van der Waals surface area contributed by atoms with Crippen LogP contribution in [0.3, 0.4) is 0 Å². The zero-order valence-corrected chi connectivity index (χ0v) is 12.7. The first kappa shape index (κ1) is 14.8. The summed E-state index contributed by atoms with van der Waals surface area (Å²) in [6.07, 6.45) is -4.61. The molecule has 0 aliphatic heterocycles. The van der Waals surface area contributed by atoms with E-state index in [0.29, 0.717) is 0 Å². The molecule has 0 saturated carbocycles. The van der Waals surface area contributed by atoms with E-state index in [0.717, 1.165) is 6.07 Å². The van der Waals surface area contributed by atoms with Gasteiger partial charge in [0.05, 0.1) is 5.56 Å². The molecule has 2 aromatic rings. The van der Waals surface area contributed by atoms with Crippen molar-refractivity contribution in [1.29, 1.82) is 0 Å². The average Bonchev–Trinajstić information content (AvgIpc) is 2.57. The third-order valence-corrected chi connectivity index (χ3v) is 3.60. The van der Waals surface area contributed by atoms with Gasteiger partial charge in [0.1, 0.15) is 16.2 Å². The molecule has 0 aliphatic carbocycles. The summed E-state index contributed by atoms with van der Waals surface area (Å²) in [7, 11) is 0. The van der Waals surface area contributed by atoms with Gasteiger partial charge in [0.15, 0.2) is 5.69 Å². The van der Waals surface area contributed by atoms with E-state index in [4.69, 9.17) is 11.6 Å². The standard InChI is InChI=1S/C10H3Br2ClF4N2/c11-4-1-3(13)2-5(14)6(4)9-18-7(8(12)19-9)10(15,16)17/h1-2H,(H,18,19). The molecule has 0 aliphatic rings. The number of H-pyrrole nitrogens is 1. The second-order valence-corrected chi connectivity index (χ2v) is 5.54. The van der Waals surface area contributed by atoms with Crippen LogP contribution in [0.25, 0.3) is 11.4 Å². The molecule has 1 aromatic carbocycles. The number of nitrogens with one attached hydrogen (secondary N) is 1. The van der Waals surface area contributed by atoms with Crippen LogP contribution in [0, 0.1) is 5.82 Å². The van der Waals surface area contributed by atoms with E-state index in [9.17, 15) is 17.6 Å². The summed E-state index contributed by atoms with van der Waals surface area (Å²) >= 11 is 11.4. The summed E-state index contributed by atoms with van der Waals surface area (Å²) in [5, 5.41) is 0.120. The number of benzene rings is 1. The van der Waals surface area contributed by atoms with Crippen LogP contribution in [-0.4, -0.2) is 9.97 Å². The molecule has 0 fully saturated rings. The highest BCUT2D eigenvalue weighted by molar-refractivity contribution is 9.10. The number of nitrogens with zero attached hydrogens (tertiary/aromatic N) is 1. The van der Waals surface area contributed by atoms with Gasteiger partial charge in [-0.05, 0) is 44.0 Å². The van der Waals surface area contributed by atoms with E-state index in [2.05, 4.69) is 36.8 Å². The Kier molecular flexibility index (Phi) is 3.95. The smallest absolute Gasteiger partial charge is 0.333 e. The lowest BCUT2D eigenvalue weighted by molar-refractivity contribution is -0.141. The number of hydrogen-bond acceptors (Lipinski definition) is 1.